The van der Waals surface area contributed by atoms with Crippen LogP contribution in [0.1, 0.15) is 55.3 Å². The predicted octanol–water partition coefficient (Wildman–Crippen LogP) is 2.21. The fourth-order valence-corrected chi connectivity index (χ4v) is 6.11. The van der Waals surface area contributed by atoms with E-state index in [2.05, 4.69) is 44.0 Å². The Hall–Kier alpha value is -5.03. The molecule has 1 saturated heterocycles. The van der Waals surface area contributed by atoms with Gasteiger partial charge in [0.25, 0.3) is 11.8 Å². The highest BCUT2D eigenvalue weighted by molar-refractivity contribution is 7.78. The average Bonchev–Trinajstić information content (AvgIpc) is 3.69. The van der Waals surface area contributed by atoms with E-state index >= 15 is 0 Å². The third-order valence-corrected chi connectivity index (χ3v) is 8.91. The molecule has 2 aromatic rings. The van der Waals surface area contributed by atoms with E-state index in [4.69, 9.17) is 14.7 Å². The number of anilines is 1. The number of nitrogens with zero attached hydrogens (tertiary/aromatic N) is 5. The van der Waals surface area contributed by atoms with Crippen LogP contribution in [0.4, 0.5) is 14.5 Å². The number of hydrogen-bond acceptors (Lipinski definition) is 12. The molecule has 0 aliphatic carbocycles. The molecule has 1 atom stereocenters. The molecular formula is C36H48F2N10O6S. The van der Waals surface area contributed by atoms with E-state index in [9.17, 15) is 28.0 Å². The van der Waals surface area contributed by atoms with Gasteiger partial charge in [0.15, 0.2) is 0 Å². The van der Waals surface area contributed by atoms with Crippen LogP contribution in [-0.4, -0.2) is 127 Å². The van der Waals surface area contributed by atoms with Crippen molar-refractivity contribution in [3.05, 3.63) is 47.9 Å². The molecule has 1 unspecified atom stereocenters. The molecule has 5 N–H and O–H groups in total. The van der Waals surface area contributed by atoms with Crippen LogP contribution in [0.3, 0.4) is 0 Å². The van der Waals surface area contributed by atoms with Crippen molar-refractivity contribution >= 4 is 57.9 Å². The number of rotatable bonds is 23. The lowest BCUT2D eigenvalue weighted by atomic mass is 10.1. The lowest BCUT2D eigenvalue weighted by Crippen LogP contribution is -2.43. The van der Waals surface area contributed by atoms with Gasteiger partial charge in [-0.05, 0) is 37.8 Å². The Balaban J connectivity index is 1.14. The molecule has 0 radical (unpaired) electrons. The van der Waals surface area contributed by atoms with Crippen LogP contribution in [0.25, 0.3) is 10.9 Å². The summed E-state index contributed by atoms with van der Waals surface area (Å²) in [6, 6.07) is 6.89. The number of fused-ring (bicyclic) bond motifs is 1. The number of pyridine rings is 1. The molecule has 298 valence electrons. The number of aromatic nitrogens is 1. The van der Waals surface area contributed by atoms with Crippen molar-refractivity contribution in [2.24, 2.45) is 0 Å². The molecule has 2 aliphatic rings. The van der Waals surface area contributed by atoms with Crippen LogP contribution < -0.4 is 26.8 Å². The van der Waals surface area contributed by atoms with Gasteiger partial charge in [0, 0.05) is 69.4 Å². The lowest BCUT2D eigenvalue weighted by molar-refractivity contribution is -0.131. The minimum absolute atomic E-state index is 0.0202. The summed E-state index contributed by atoms with van der Waals surface area (Å²) in [5.41, 5.74) is 6.66. The minimum atomic E-state index is -3.16. The van der Waals surface area contributed by atoms with Gasteiger partial charge >= 0.3 is 0 Å². The molecule has 3 heterocycles. The number of ether oxygens (including phenoxy) is 2. The van der Waals surface area contributed by atoms with E-state index in [0.717, 1.165) is 23.4 Å². The summed E-state index contributed by atoms with van der Waals surface area (Å²) in [5, 5.41) is 24.5. The second-order valence-electron chi connectivity index (χ2n) is 12.9. The lowest BCUT2D eigenvalue weighted by Gasteiger charge is -2.20. The van der Waals surface area contributed by atoms with Crippen molar-refractivity contribution < 1.29 is 37.4 Å². The minimum Gasteiger partial charge on any atom is -0.380 e. The van der Waals surface area contributed by atoms with Crippen molar-refractivity contribution in [2.45, 2.75) is 56.9 Å². The number of unbranched alkanes of at least 4 members (excludes halogenated alkanes) is 1. The summed E-state index contributed by atoms with van der Waals surface area (Å²) in [6.07, 6.45) is 6.02. The van der Waals surface area contributed by atoms with E-state index < -0.39 is 43.3 Å². The van der Waals surface area contributed by atoms with Gasteiger partial charge in [0.1, 0.15) is 6.04 Å². The van der Waals surface area contributed by atoms with Gasteiger partial charge in [-0.15, -0.1) is 5.53 Å². The highest BCUT2D eigenvalue weighted by Gasteiger charge is 2.47. The molecule has 1 aromatic heterocycles. The topological polar surface area (TPSA) is 193 Å². The van der Waals surface area contributed by atoms with Crippen LogP contribution in [0, 0.1) is 11.3 Å². The molecule has 0 spiro atoms. The summed E-state index contributed by atoms with van der Waals surface area (Å²) < 4.78 is 38.4. The molecule has 16 nitrogen and oxygen atoms in total. The predicted molar refractivity (Wildman–Crippen MR) is 203 cm³/mol. The standard InChI is InChI=1S/C36H48F2N10O6S/c1-46-26(23-47(45-46)15-3-2-9-31(49)41-14-17-54-19-18-53-16-13-40-25-55)6-4-10-32(50)44-30-8-5-7-28-29(11-12-42-34(28)30)35(52)43-22-33(51)48-24-36(37,38)20-27(48)21-39/h5,7-8,11-12,23,25,27,45H,2-4,6,9-10,13-20,22,24H2,1H3,(H,40,55)(H,41,49)(H,43,52)(H,44,50). The van der Waals surface area contributed by atoms with Gasteiger partial charge in [-0.25, -0.2) is 8.78 Å². The maximum Gasteiger partial charge on any atom is 0.268 e. The summed E-state index contributed by atoms with van der Waals surface area (Å²) in [5.74, 6) is -4.83. The number of nitriles is 1. The molecule has 0 bridgehead atoms. The first-order chi connectivity index (χ1) is 26.5. The number of nitrogens with one attached hydrogen (secondary N) is 5. The third kappa shape index (κ3) is 13.6. The fourth-order valence-electron chi connectivity index (χ4n) is 5.99. The number of allylic oxidation sites excluding steroid dienone is 1. The first-order valence-electron chi connectivity index (χ1n) is 18.1. The number of halogens is 2. The molecule has 55 heavy (non-hydrogen) atoms. The van der Waals surface area contributed by atoms with Gasteiger partial charge in [-0.1, -0.05) is 24.4 Å². The Labute approximate surface area is 323 Å². The number of carbonyl (C=O) groups is 4. The fraction of sp³-hybridized carbons (Fsp3) is 0.528. The Kier molecular flexibility index (Phi) is 16.9. The first-order valence-corrected chi connectivity index (χ1v) is 18.6. The maximum absolute atomic E-state index is 13.8. The number of hydrazine groups is 2. The zero-order valence-electron chi connectivity index (χ0n) is 30.8. The number of alkyl halides is 2. The number of para-hydroxylation sites is 1. The first kappa shape index (κ1) is 42.7. The van der Waals surface area contributed by atoms with Gasteiger partial charge in [-0.3, -0.25) is 34.2 Å². The van der Waals surface area contributed by atoms with Gasteiger partial charge < -0.3 is 35.6 Å². The van der Waals surface area contributed by atoms with E-state index in [1.807, 2.05) is 23.3 Å². The third-order valence-electron chi connectivity index (χ3n) is 8.75. The number of hydrogen-bond donors (Lipinski definition) is 5. The highest BCUT2D eigenvalue weighted by Crippen LogP contribution is 2.31. The number of carbonyl (C=O) groups excluding carboxylic acids is 4. The van der Waals surface area contributed by atoms with E-state index in [1.54, 1.807) is 24.3 Å². The monoisotopic (exact) mass is 786 g/mol. The Morgan fingerprint density at radius 3 is 2.58 bits per heavy atom. The van der Waals surface area contributed by atoms with Crippen LogP contribution in [0.15, 0.2) is 42.4 Å². The second kappa shape index (κ2) is 21.8. The quantitative estimate of drug-likeness (QED) is 0.0815. The van der Waals surface area contributed by atoms with Crippen molar-refractivity contribution in [3.63, 3.8) is 0 Å². The molecule has 1 aromatic carbocycles. The molecule has 4 rings (SSSR count). The molecular weight excluding hydrogens is 739 g/mol. The van der Waals surface area contributed by atoms with Crippen LogP contribution in [-0.2, 0) is 23.9 Å². The summed E-state index contributed by atoms with van der Waals surface area (Å²) in [6.45, 7) is 2.27. The number of likely N-dealkylation sites (tertiary alicyclic amines) is 1. The zero-order chi connectivity index (χ0) is 39.6. The summed E-state index contributed by atoms with van der Waals surface area (Å²) in [4.78, 5) is 55.8. The smallest absolute Gasteiger partial charge is 0.268 e. The molecule has 1 fully saturated rings. The van der Waals surface area contributed by atoms with Crippen LogP contribution >= 0.6 is 12.2 Å². The molecule has 4 amide bonds. The van der Waals surface area contributed by atoms with Crippen molar-refractivity contribution in [1.29, 1.82) is 5.26 Å². The normalized spacial score (nSPS) is 16.1. The number of benzene rings is 1. The Bertz CT molecular complexity index is 1730. The molecule has 2 aliphatic heterocycles. The van der Waals surface area contributed by atoms with Crippen LogP contribution in [0.5, 0.6) is 0 Å². The van der Waals surface area contributed by atoms with E-state index in [0.29, 0.717) is 81.9 Å². The Morgan fingerprint density at radius 1 is 1.05 bits per heavy atom. The summed E-state index contributed by atoms with van der Waals surface area (Å²) in [7, 11) is 1.89. The van der Waals surface area contributed by atoms with Crippen molar-refractivity contribution in [2.75, 3.05) is 71.5 Å². The van der Waals surface area contributed by atoms with E-state index in [1.165, 1.54) is 17.8 Å². The van der Waals surface area contributed by atoms with Gasteiger partial charge in [0.05, 0.1) is 67.8 Å². The van der Waals surface area contributed by atoms with Crippen molar-refractivity contribution in [3.8, 4) is 6.07 Å². The van der Waals surface area contributed by atoms with Crippen molar-refractivity contribution in [1.82, 2.24) is 41.4 Å². The average molecular weight is 787 g/mol. The molecule has 0 saturated carbocycles. The van der Waals surface area contributed by atoms with E-state index in [-0.39, 0.29) is 23.8 Å². The number of thiocarbonyl (C=S) groups is 1. The maximum atomic E-state index is 13.8. The summed E-state index contributed by atoms with van der Waals surface area (Å²) >= 11 is 4.66. The Morgan fingerprint density at radius 2 is 1.82 bits per heavy atom. The van der Waals surface area contributed by atoms with Gasteiger partial charge in [-0.2, -0.15) is 5.26 Å². The van der Waals surface area contributed by atoms with Gasteiger partial charge in [0.2, 0.25) is 17.7 Å². The highest BCUT2D eigenvalue weighted by atomic mass is 32.1. The SMILES string of the molecule is CN1NN(CCCCC(=O)NCCOCCOCCNC=S)C=C1CCCC(=O)Nc1cccc2c(C(=O)NCC(=O)N3CC(F)(F)CC3C#N)ccnc12. The van der Waals surface area contributed by atoms with Crippen LogP contribution in [0.2, 0.25) is 0 Å². The second-order valence-corrected chi connectivity index (χ2v) is 13.2. The molecule has 19 heteroatoms. The zero-order valence-corrected chi connectivity index (χ0v) is 31.6. The largest absolute Gasteiger partial charge is 0.380 e. The number of amides is 4.